The molecule has 10 nitrogen and oxygen atoms in total. The van der Waals surface area contributed by atoms with Crippen molar-refractivity contribution in [3.05, 3.63) is 35.9 Å². The molecule has 5 rings (SSSR count). The molecular weight excluding hydrogens is 438 g/mol. The Hall–Kier alpha value is -3.31. The maximum absolute atomic E-state index is 13.5. The van der Waals surface area contributed by atoms with Crippen LogP contribution in [0.15, 0.2) is 35.2 Å². The van der Waals surface area contributed by atoms with Gasteiger partial charge in [0.1, 0.15) is 11.8 Å². The molecule has 0 bridgehead atoms. The van der Waals surface area contributed by atoms with Crippen LogP contribution in [0.3, 0.4) is 0 Å². The van der Waals surface area contributed by atoms with Crippen molar-refractivity contribution in [2.45, 2.75) is 30.7 Å². The minimum absolute atomic E-state index is 0.0511. The van der Waals surface area contributed by atoms with Crippen LogP contribution in [0, 0.1) is 6.92 Å². The molecule has 2 amide bonds. The van der Waals surface area contributed by atoms with Crippen LogP contribution in [-0.4, -0.2) is 50.5 Å². The van der Waals surface area contributed by atoms with Gasteiger partial charge in [0.15, 0.2) is 18.1 Å². The molecular formula is C21H21N3O7S. The van der Waals surface area contributed by atoms with Crippen LogP contribution in [-0.2, 0) is 19.6 Å². The third-order valence-electron chi connectivity index (χ3n) is 5.64. The van der Waals surface area contributed by atoms with Crippen LogP contribution >= 0.6 is 0 Å². The number of nitrogens with one attached hydrogen (secondary N) is 2. The zero-order valence-electron chi connectivity index (χ0n) is 17.2. The number of fused-ring (bicyclic) bond motifs is 2. The SMILES string of the molecule is Cc1cc2c(cc1S(=O)(=O)N1CCC[C@H]1C(=O)Nc1ccc3c(c1)OCO3)OCC(=O)N2. The second-order valence-electron chi connectivity index (χ2n) is 7.78. The minimum Gasteiger partial charge on any atom is -0.482 e. The van der Waals surface area contributed by atoms with Crippen LogP contribution in [0.1, 0.15) is 18.4 Å². The average molecular weight is 459 g/mol. The molecule has 3 aliphatic rings. The van der Waals surface area contributed by atoms with Crippen molar-refractivity contribution in [2.75, 3.05) is 30.6 Å². The molecule has 168 valence electrons. The lowest BCUT2D eigenvalue weighted by atomic mass is 10.2. The number of ether oxygens (including phenoxy) is 3. The molecule has 3 aliphatic heterocycles. The van der Waals surface area contributed by atoms with E-state index >= 15 is 0 Å². The number of nitrogens with zero attached hydrogens (tertiary/aromatic N) is 1. The molecule has 11 heteroatoms. The summed E-state index contributed by atoms with van der Waals surface area (Å²) in [7, 11) is -3.98. The molecule has 1 saturated heterocycles. The predicted octanol–water partition coefficient (Wildman–Crippen LogP) is 1.85. The number of hydrogen-bond acceptors (Lipinski definition) is 7. The number of rotatable bonds is 4. The summed E-state index contributed by atoms with van der Waals surface area (Å²) in [5.74, 6) is 0.690. The molecule has 2 aromatic carbocycles. The number of carbonyl (C=O) groups excluding carboxylic acids is 2. The van der Waals surface area contributed by atoms with Crippen molar-refractivity contribution in [2.24, 2.45) is 0 Å². The third-order valence-corrected chi connectivity index (χ3v) is 7.69. The number of amides is 2. The van der Waals surface area contributed by atoms with Gasteiger partial charge in [-0.2, -0.15) is 4.31 Å². The molecule has 1 fully saturated rings. The first-order valence-corrected chi connectivity index (χ1v) is 11.6. The topological polar surface area (TPSA) is 123 Å². The molecule has 0 unspecified atom stereocenters. The van der Waals surface area contributed by atoms with Crippen LogP contribution < -0.4 is 24.8 Å². The second-order valence-corrected chi connectivity index (χ2v) is 9.64. The first kappa shape index (κ1) is 20.6. The van der Waals surface area contributed by atoms with E-state index in [2.05, 4.69) is 10.6 Å². The molecule has 2 N–H and O–H groups in total. The number of benzene rings is 2. The highest BCUT2D eigenvalue weighted by molar-refractivity contribution is 7.89. The number of sulfonamides is 1. The Morgan fingerprint density at radius 1 is 1.12 bits per heavy atom. The Labute approximate surface area is 184 Å². The zero-order valence-corrected chi connectivity index (χ0v) is 18.0. The van der Waals surface area contributed by atoms with Crippen molar-refractivity contribution in [3.63, 3.8) is 0 Å². The zero-order chi connectivity index (χ0) is 22.5. The highest BCUT2D eigenvalue weighted by Gasteiger charge is 2.40. The molecule has 0 spiro atoms. The summed E-state index contributed by atoms with van der Waals surface area (Å²) in [4.78, 5) is 24.6. The number of carbonyl (C=O) groups is 2. The predicted molar refractivity (Wildman–Crippen MR) is 113 cm³/mol. The maximum atomic E-state index is 13.5. The fraction of sp³-hybridized carbons (Fsp3) is 0.333. The summed E-state index contributed by atoms with van der Waals surface area (Å²) < 4.78 is 44.2. The highest BCUT2D eigenvalue weighted by atomic mass is 32.2. The summed E-state index contributed by atoms with van der Waals surface area (Å²) in [5, 5.41) is 5.45. The Kier molecular flexibility index (Phi) is 4.94. The van der Waals surface area contributed by atoms with Crippen LogP contribution in [0.4, 0.5) is 11.4 Å². The van der Waals surface area contributed by atoms with Crippen molar-refractivity contribution in [1.82, 2.24) is 4.31 Å². The average Bonchev–Trinajstić information content (AvgIpc) is 3.42. The number of aryl methyl sites for hydroxylation is 1. The van der Waals surface area contributed by atoms with E-state index in [0.717, 1.165) is 0 Å². The maximum Gasteiger partial charge on any atom is 0.262 e. The van der Waals surface area contributed by atoms with Crippen molar-refractivity contribution in [3.8, 4) is 17.2 Å². The van der Waals surface area contributed by atoms with Gasteiger partial charge in [-0.3, -0.25) is 9.59 Å². The molecule has 2 aromatic rings. The Morgan fingerprint density at radius 3 is 2.78 bits per heavy atom. The normalized spacial score (nSPS) is 19.8. The van der Waals surface area contributed by atoms with Gasteiger partial charge in [-0.15, -0.1) is 0 Å². The molecule has 3 heterocycles. The molecule has 1 atom stereocenters. The Bertz CT molecular complexity index is 1230. The first-order chi connectivity index (χ1) is 15.3. The molecule has 0 aromatic heterocycles. The standard InChI is InChI=1S/C21H21N3O7S/c1-12-7-14-17(29-10-20(25)23-14)9-19(12)32(27,28)24-6-2-3-15(24)21(26)22-13-4-5-16-18(8-13)31-11-30-16/h4-5,7-9,15H,2-3,6,10-11H2,1H3,(H,22,26)(H,23,25)/t15-/m0/s1. The first-order valence-electron chi connectivity index (χ1n) is 10.1. The van der Waals surface area contributed by atoms with Crippen LogP contribution in [0.2, 0.25) is 0 Å². The van der Waals surface area contributed by atoms with E-state index in [0.29, 0.717) is 41.3 Å². The van der Waals surface area contributed by atoms with Gasteiger partial charge in [0.25, 0.3) is 5.91 Å². The van der Waals surface area contributed by atoms with Crippen molar-refractivity contribution < 1.29 is 32.2 Å². The van der Waals surface area contributed by atoms with Crippen LogP contribution in [0.25, 0.3) is 0 Å². The van der Waals surface area contributed by atoms with Gasteiger partial charge < -0.3 is 24.8 Å². The van der Waals surface area contributed by atoms with E-state index in [-0.39, 0.29) is 36.5 Å². The van der Waals surface area contributed by atoms with Gasteiger partial charge in [0.2, 0.25) is 22.7 Å². The number of anilines is 2. The monoisotopic (exact) mass is 459 g/mol. The number of hydrogen-bond donors (Lipinski definition) is 2. The second kappa shape index (κ2) is 7.68. The summed E-state index contributed by atoms with van der Waals surface area (Å²) in [6.07, 6.45) is 0.973. The third kappa shape index (κ3) is 3.53. The molecule has 0 aliphatic carbocycles. The quantitative estimate of drug-likeness (QED) is 0.715. The van der Waals surface area contributed by atoms with Crippen LogP contribution in [0.5, 0.6) is 17.2 Å². The minimum atomic E-state index is -3.98. The Balaban J connectivity index is 1.40. The van der Waals surface area contributed by atoms with Gasteiger partial charge in [0, 0.05) is 24.4 Å². The van der Waals surface area contributed by atoms with E-state index in [1.54, 1.807) is 31.2 Å². The summed E-state index contributed by atoms with van der Waals surface area (Å²) in [6, 6.07) is 7.14. The van der Waals surface area contributed by atoms with Gasteiger partial charge in [-0.25, -0.2) is 8.42 Å². The molecule has 32 heavy (non-hydrogen) atoms. The lowest BCUT2D eigenvalue weighted by Gasteiger charge is -2.26. The van der Waals surface area contributed by atoms with Gasteiger partial charge in [0.05, 0.1) is 10.6 Å². The summed E-state index contributed by atoms with van der Waals surface area (Å²) in [6.45, 7) is 1.82. The lowest BCUT2D eigenvalue weighted by molar-refractivity contribution is -0.119. The van der Waals surface area contributed by atoms with E-state index in [9.17, 15) is 18.0 Å². The largest absolute Gasteiger partial charge is 0.482 e. The van der Waals surface area contributed by atoms with Crippen molar-refractivity contribution >= 4 is 33.2 Å². The van der Waals surface area contributed by atoms with E-state index < -0.39 is 22.0 Å². The van der Waals surface area contributed by atoms with E-state index in [4.69, 9.17) is 14.2 Å². The van der Waals surface area contributed by atoms with Gasteiger partial charge >= 0.3 is 0 Å². The van der Waals surface area contributed by atoms with E-state index in [1.165, 1.54) is 10.4 Å². The fourth-order valence-corrected chi connectivity index (χ4v) is 5.99. The van der Waals surface area contributed by atoms with E-state index in [1.807, 2.05) is 0 Å². The summed E-state index contributed by atoms with van der Waals surface area (Å²) >= 11 is 0. The van der Waals surface area contributed by atoms with Gasteiger partial charge in [-0.1, -0.05) is 0 Å². The Morgan fingerprint density at radius 2 is 1.94 bits per heavy atom. The fourth-order valence-electron chi connectivity index (χ4n) is 4.11. The smallest absolute Gasteiger partial charge is 0.262 e. The van der Waals surface area contributed by atoms with Gasteiger partial charge in [-0.05, 0) is 43.5 Å². The highest BCUT2D eigenvalue weighted by Crippen LogP contribution is 2.37. The molecule has 0 saturated carbocycles. The lowest BCUT2D eigenvalue weighted by Crippen LogP contribution is -2.43. The molecule has 0 radical (unpaired) electrons. The van der Waals surface area contributed by atoms with Crippen molar-refractivity contribution in [1.29, 1.82) is 0 Å². The summed E-state index contributed by atoms with van der Waals surface area (Å²) in [5.41, 5.74) is 1.38.